The van der Waals surface area contributed by atoms with Crippen molar-refractivity contribution in [1.29, 1.82) is 0 Å². The average Bonchev–Trinajstić information content (AvgIpc) is 3.00. The number of nitrogens with zero attached hydrogens (tertiary/aromatic N) is 2. The monoisotopic (exact) mass is 278 g/mol. The minimum absolute atomic E-state index is 0.826. The lowest BCUT2D eigenvalue weighted by atomic mass is 10.1. The summed E-state index contributed by atoms with van der Waals surface area (Å²) in [4.78, 5) is 2.38. The topological polar surface area (TPSA) is 16.9 Å². The van der Waals surface area contributed by atoms with Crippen molar-refractivity contribution in [2.45, 2.75) is 0 Å². The first-order valence-corrected chi connectivity index (χ1v) is 7.40. The van der Waals surface area contributed by atoms with Gasteiger partial charge in [-0.15, -0.1) is 0 Å². The first-order valence-electron chi connectivity index (χ1n) is 7.40. The van der Waals surface area contributed by atoms with Crippen LogP contribution in [0.3, 0.4) is 0 Å². The van der Waals surface area contributed by atoms with E-state index in [1.807, 2.05) is 0 Å². The number of ether oxygens (including phenoxy) is 1. The number of aromatic nitrogens is 1. The molecule has 0 spiro atoms. The van der Waals surface area contributed by atoms with E-state index in [2.05, 4.69) is 70.2 Å². The fourth-order valence-electron chi connectivity index (χ4n) is 2.90. The van der Waals surface area contributed by atoms with Gasteiger partial charge >= 0.3 is 0 Å². The zero-order valence-electron chi connectivity index (χ0n) is 11.9. The highest BCUT2D eigenvalue weighted by Gasteiger charge is 2.11. The van der Waals surface area contributed by atoms with Crippen LogP contribution >= 0.6 is 0 Å². The van der Waals surface area contributed by atoms with Crippen molar-refractivity contribution in [1.82, 2.24) is 4.40 Å². The van der Waals surface area contributed by atoms with Crippen LogP contribution in [0.1, 0.15) is 0 Å². The van der Waals surface area contributed by atoms with Gasteiger partial charge in [0.05, 0.1) is 13.2 Å². The Morgan fingerprint density at radius 1 is 0.857 bits per heavy atom. The van der Waals surface area contributed by atoms with E-state index in [0.717, 1.165) is 26.3 Å². The van der Waals surface area contributed by atoms with E-state index in [1.54, 1.807) is 0 Å². The molecule has 1 fully saturated rings. The Hall–Kier alpha value is -2.26. The molecule has 3 heteroatoms. The van der Waals surface area contributed by atoms with Crippen LogP contribution in [0.4, 0.5) is 5.69 Å². The van der Waals surface area contributed by atoms with Crippen LogP contribution in [0.2, 0.25) is 0 Å². The Morgan fingerprint density at radius 2 is 1.67 bits per heavy atom. The summed E-state index contributed by atoms with van der Waals surface area (Å²) in [6.45, 7) is 3.62. The maximum atomic E-state index is 5.40. The van der Waals surface area contributed by atoms with Crippen molar-refractivity contribution in [3.05, 3.63) is 60.9 Å². The molecule has 0 amide bonds. The van der Waals surface area contributed by atoms with Gasteiger partial charge in [-0.05, 0) is 35.9 Å². The lowest BCUT2D eigenvalue weighted by Gasteiger charge is -2.28. The molecule has 0 radical (unpaired) electrons. The lowest BCUT2D eigenvalue weighted by molar-refractivity contribution is 0.122. The van der Waals surface area contributed by atoms with E-state index in [1.165, 1.54) is 22.3 Å². The molecule has 1 aliphatic heterocycles. The molecule has 1 aliphatic rings. The number of morpholine rings is 1. The lowest BCUT2D eigenvalue weighted by Crippen LogP contribution is -2.36. The van der Waals surface area contributed by atoms with Crippen LogP contribution < -0.4 is 4.90 Å². The third-order valence-electron chi connectivity index (χ3n) is 4.08. The maximum Gasteiger partial charge on any atom is 0.0642 e. The number of fused-ring (bicyclic) bond motifs is 1. The molecule has 1 saturated heterocycles. The molecule has 4 rings (SSSR count). The van der Waals surface area contributed by atoms with Crippen LogP contribution in [-0.4, -0.2) is 30.7 Å². The highest BCUT2D eigenvalue weighted by atomic mass is 16.5. The van der Waals surface area contributed by atoms with Crippen LogP contribution in [0.25, 0.3) is 16.6 Å². The number of rotatable bonds is 2. The zero-order chi connectivity index (χ0) is 14.1. The van der Waals surface area contributed by atoms with E-state index in [-0.39, 0.29) is 0 Å². The van der Waals surface area contributed by atoms with Gasteiger partial charge in [-0.25, -0.2) is 0 Å². The van der Waals surface area contributed by atoms with Gasteiger partial charge in [0.2, 0.25) is 0 Å². The number of anilines is 1. The Morgan fingerprint density at radius 3 is 2.43 bits per heavy atom. The van der Waals surface area contributed by atoms with Crippen molar-refractivity contribution in [2.24, 2.45) is 0 Å². The van der Waals surface area contributed by atoms with Gasteiger partial charge in [0, 0.05) is 42.3 Å². The smallest absolute Gasteiger partial charge is 0.0642 e. The first kappa shape index (κ1) is 12.5. The molecule has 21 heavy (non-hydrogen) atoms. The summed E-state index contributed by atoms with van der Waals surface area (Å²) in [6.07, 6.45) is 4.26. The number of hydrogen-bond donors (Lipinski definition) is 0. The summed E-state index contributed by atoms with van der Waals surface area (Å²) in [7, 11) is 0. The van der Waals surface area contributed by atoms with Gasteiger partial charge in [-0.2, -0.15) is 0 Å². The molecule has 3 heterocycles. The molecule has 3 nitrogen and oxygen atoms in total. The van der Waals surface area contributed by atoms with E-state index < -0.39 is 0 Å². The van der Waals surface area contributed by atoms with Gasteiger partial charge in [0.15, 0.2) is 0 Å². The Labute approximate surface area is 124 Å². The molecule has 2 aromatic heterocycles. The van der Waals surface area contributed by atoms with Crippen LogP contribution in [0.15, 0.2) is 60.9 Å². The van der Waals surface area contributed by atoms with Crippen LogP contribution in [-0.2, 0) is 4.74 Å². The Balaban J connectivity index is 1.63. The molecule has 0 bridgehead atoms. The molecule has 0 N–H and O–H groups in total. The van der Waals surface area contributed by atoms with E-state index in [4.69, 9.17) is 4.74 Å². The zero-order valence-corrected chi connectivity index (χ0v) is 11.9. The van der Waals surface area contributed by atoms with Crippen LogP contribution in [0.5, 0.6) is 0 Å². The summed E-state index contributed by atoms with van der Waals surface area (Å²) >= 11 is 0. The van der Waals surface area contributed by atoms with Gasteiger partial charge in [-0.1, -0.05) is 18.2 Å². The van der Waals surface area contributed by atoms with E-state index in [0.29, 0.717) is 0 Å². The van der Waals surface area contributed by atoms with Gasteiger partial charge in [-0.3, -0.25) is 0 Å². The summed E-state index contributed by atoms with van der Waals surface area (Å²) in [6, 6.07) is 17.3. The quantitative estimate of drug-likeness (QED) is 0.714. The largest absolute Gasteiger partial charge is 0.378 e. The normalized spacial score (nSPS) is 15.5. The average molecular weight is 278 g/mol. The molecule has 106 valence electrons. The minimum atomic E-state index is 0.826. The van der Waals surface area contributed by atoms with E-state index >= 15 is 0 Å². The second kappa shape index (κ2) is 5.26. The van der Waals surface area contributed by atoms with Crippen molar-refractivity contribution < 1.29 is 4.74 Å². The first-order chi connectivity index (χ1) is 10.4. The molecule has 0 saturated carbocycles. The predicted octanol–water partition coefficient (Wildman–Crippen LogP) is 3.44. The predicted molar refractivity (Wildman–Crippen MR) is 85.9 cm³/mol. The SMILES string of the molecule is c1ccn2cc(-c3ccc(N4CCOCC4)cc3)cc2c1. The second-order valence-electron chi connectivity index (χ2n) is 5.41. The minimum Gasteiger partial charge on any atom is -0.378 e. The molecular weight excluding hydrogens is 260 g/mol. The van der Waals surface area contributed by atoms with Gasteiger partial charge < -0.3 is 14.0 Å². The maximum absolute atomic E-state index is 5.40. The fourth-order valence-corrected chi connectivity index (χ4v) is 2.90. The van der Waals surface area contributed by atoms with Crippen molar-refractivity contribution >= 4 is 11.2 Å². The van der Waals surface area contributed by atoms with E-state index in [9.17, 15) is 0 Å². The Bertz CT molecular complexity index is 706. The molecule has 3 aromatic rings. The molecule has 0 aliphatic carbocycles. The van der Waals surface area contributed by atoms with Crippen LogP contribution in [0, 0.1) is 0 Å². The fraction of sp³-hybridized carbons (Fsp3) is 0.222. The van der Waals surface area contributed by atoms with Crippen molar-refractivity contribution in [3.63, 3.8) is 0 Å². The summed E-state index contributed by atoms with van der Waals surface area (Å²) in [5.74, 6) is 0. The molecule has 0 atom stereocenters. The number of hydrogen-bond acceptors (Lipinski definition) is 2. The van der Waals surface area contributed by atoms with Crippen molar-refractivity contribution in [2.75, 3.05) is 31.2 Å². The summed E-state index contributed by atoms with van der Waals surface area (Å²) in [5.41, 5.74) is 5.03. The number of pyridine rings is 1. The summed E-state index contributed by atoms with van der Waals surface area (Å²) in [5, 5.41) is 0. The van der Waals surface area contributed by atoms with Gasteiger partial charge in [0.25, 0.3) is 0 Å². The number of benzene rings is 1. The molecule has 0 unspecified atom stereocenters. The van der Waals surface area contributed by atoms with Gasteiger partial charge in [0.1, 0.15) is 0 Å². The second-order valence-corrected chi connectivity index (χ2v) is 5.41. The van der Waals surface area contributed by atoms with Crippen molar-refractivity contribution in [3.8, 4) is 11.1 Å². The third kappa shape index (κ3) is 2.41. The highest BCUT2D eigenvalue weighted by molar-refractivity contribution is 5.71. The molecular formula is C18H18N2O. The molecule has 1 aromatic carbocycles. The highest BCUT2D eigenvalue weighted by Crippen LogP contribution is 2.25. The Kier molecular flexibility index (Phi) is 3.13. The standard InChI is InChI=1S/C18H18N2O/c1-2-8-20-14-16(13-18(20)3-1)15-4-6-17(7-5-15)19-9-11-21-12-10-19/h1-8,13-14H,9-12H2. The summed E-state index contributed by atoms with van der Waals surface area (Å²) < 4.78 is 7.56. The third-order valence-corrected chi connectivity index (χ3v) is 4.08.